The first-order valence-corrected chi connectivity index (χ1v) is 13.5. The van der Waals surface area contributed by atoms with E-state index in [1.54, 1.807) is 0 Å². The third kappa shape index (κ3) is 26.1. The molecule has 32 heavy (non-hydrogen) atoms. The molecule has 0 saturated carbocycles. The Morgan fingerprint density at radius 1 is 0.625 bits per heavy atom. The highest BCUT2D eigenvalue weighted by atomic mass is 32.2. The van der Waals surface area contributed by atoms with Crippen LogP contribution in [-0.2, 0) is 28.5 Å². The van der Waals surface area contributed by atoms with Crippen molar-refractivity contribution in [1.82, 2.24) is 0 Å². The summed E-state index contributed by atoms with van der Waals surface area (Å²) in [7, 11) is 0. The monoisotopic (exact) mass is 494 g/mol. The molecule has 0 amide bonds. The number of hydrogen-bond donors (Lipinski definition) is 0. The maximum Gasteiger partial charge on any atom is 0.189 e. The molecule has 0 heterocycles. The van der Waals surface area contributed by atoms with Gasteiger partial charge in [0.1, 0.15) is 0 Å². The first kappa shape index (κ1) is 31.9. The number of thioether (sulfide) groups is 2. The van der Waals surface area contributed by atoms with Gasteiger partial charge in [0.25, 0.3) is 0 Å². The zero-order valence-corrected chi connectivity index (χ0v) is 22.8. The van der Waals surface area contributed by atoms with Gasteiger partial charge in [-0.25, -0.2) is 0 Å². The number of carbonyl (C=O) groups is 2. The molecule has 0 unspecified atom stereocenters. The van der Waals surface area contributed by atoms with Gasteiger partial charge in [0.05, 0.1) is 46.2 Å². The minimum Gasteiger partial charge on any atom is -0.379 e. The van der Waals surface area contributed by atoms with E-state index < -0.39 is 0 Å². The molecule has 0 radical (unpaired) electrons. The van der Waals surface area contributed by atoms with E-state index in [0.29, 0.717) is 70.3 Å². The molecule has 0 spiro atoms. The summed E-state index contributed by atoms with van der Waals surface area (Å²) in [4.78, 5) is 23.6. The molecule has 0 aliphatic heterocycles. The second-order valence-corrected chi connectivity index (χ2v) is 12.8. The molecular weight excluding hydrogens is 448 g/mol. The molecule has 0 saturated heterocycles. The van der Waals surface area contributed by atoms with Gasteiger partial charge in [0.15, 0.2) is 10.2 Å². The topological polar surface area (TPSA) is 71.1 Å². The normalized spacial score (nSPS) is 12.3. The van der Waals surface area contributed by atoms with Crippen molar-refractivity contribution in [2.75, 3.05) is 58.6 Å². The highest BCUT2D eigenvalue weighted by Crippen LogP contribution is 2.26. The molecule has 0 rings (SSSR count). The third-order valence-corrected chi connectivity index (χ3v) is 5.98. The average molecular weight is 495 g/mol. The molecule has 8 heteroatoms. The van der Waals surface area contributed by atoms with Crippen LogP contribution in [-0.4, -0.2) is 73.6 Å². The van der Waals surface area contributed by atoms with Crippen LogP contribution in [0.3, 0.4) is 0 Å². The van der Waals surface area contributed by atoms with E-state index in [0.717, 1.165) is 25.9 Å². The Labute approximate surface area is 204 Å². The van der Waals surface area contributed by atoms with Crippen LogP contribution in [0.4, 0.5) is 0 Å². The molecule has 0 aromatic carbocycles. The first-order valence-electron chi connectivity index (χ1n) is 11.7. The lowest BCUT2D eigenvalue weighted by Gasteiger charge is -2.17. The van der Waals surface area contributed by atoms with Crippen molar-refractivity contribution in [3.63, 3.8) is 0 Å². The summed E-state index contributed by atoms with van der Waals surface area (Å²) in [6.45, 7) is 17.3. The third-order valence-electron chi connectivity index (χ3n) is 4.03. The lowest BCUT2D eigenvalue weighted by molar-refractivity contribution is -0.112. The smallest absolute Gasteiger partial charge is 0.189 e. The largest absolute Gasteiger partial charge is 0.379 e. The minimum absolute atomic E-state index is 0.0391. The van der Waals surface area contributed by atoms with Gasteiger partial charge in [-0.2, -0.15) is 0 Å². The predicted octanol–water partition coefficient (Wildman–Crippen LogP) is 5.37. The summed E-state index contributed by atoms with van der Waals surface area (Å²) in [5, 5.41) is 0.376. The summed E-state index contributed by atoms with van der Waals surface area (Å²) in [6, 6.07) is 0. The van der Waals surface area contributed by atoms with Crippen LogP contribution in [0, 0.1) is 5.41 Å². The van der Waals surface area contributed by atoms with E-state index >= 15 is 0 Å². The van der Waals surface area contributed by atoms with Crippen molar-refractivity contribution in [1.29, 1.82) is 0 Å². The zero-order valence-electron chi connectivity index (χ0n) is 21.2. The second-order valence-electron chi connectivity index (χ2n) is 9.77. The van der Waals surface area contributed by atoms with E-state index in [2.05, 4.69) is 20.8 Å². The Morgan fingerprint density at radius 2 is 1.06 bits per heavy atom. The van der Waals surface area contributed by atoms with Crippen LogP contribution in [0.2, 0.25) is 0 Å². The van der Waals surface area contributed by atoms with Crippen molar-refractivity contribution in [2.24, 2.45) is 5.41 Å². The van der Waals surface area contributed by atoms with Gasteiger partial charge in [-0.05, 0) is 24.7 Å². The van der Waals surface area contributed by atoms with E-state index in [4.69, 9.17) is 18.9 Å². The molecule has 0 bridgehead atoms. The minimum atomic E-state index is -0.0391. The fraction of sp³-hybridized carbons (Fsp3) is 0.917. The molecule has 0 aromatic rings. The quantitative estimate of drug-likeness (QED) is 0.222. The molecule has 0 aliphatic rings. The highest BCUT2D eigenvalue weighted by molar-refractivity contribution is 8.14. The van der Waals surface area contributed by atoms with Crippen molar-refractivity contribution < 1.29 is 28.5 Å². The lowest BCUT2D eigenvalue weighted by Crippen LogP contribution is -2.14. The van der Waals surface area contributed by atoms with Gasteiger partial charge in [-0.15, -0.1) is 0 Å². The summed E-state index contributed by atoms with van der Waals surface area (Å²) in [6.07, 6.45) is 3.64. The molecule has 0 aliphatic carbocycles. The van der Waals surface area contributed by atoms with Crippen LogP contribution in [0.5, 0.6) is 0 Å². The van der Waals surface area contributed by atoms with Gasteiger partial charge in [-0.1, -0.05) is 65.1 Å². The van der Waals surface area contributed by atoms with E-state index in [1.165, 1.54) is 23.5 Å². The predicted molar refractivity (Wildman–Crippen MR) is 136 cm³/mol. The molecule has 6 nitrogen and oxygen atoms in total. The van der Waals surface area contributed by atoms with Crippen LogP contribution >= 0.6 is 23.5 Å². The van der Waals surface area contributed by atoms with Crippen LogP contribution in [0.25, 0.3) is 0 Å². The van der Waals surface area contributed by atoms with Crippen molar-refractivity contribution in [3.8, 4) is 0 Å². The fourth-order valence-corrected chi connectivity index (χ4v) is 4.00. The van der Waals surface area contributed by atoms with Gasteiger partial charge in [-0.3, -0.25) is 9.59 Å². The van der Waals surface area contributed by atoms with Crippen molar-refractivity contribution in [2.45, 2.75) is 78.4 Å². The molecular formula is C24H46O6S2. The van der Waals surface area contributed by atoms with Crippen molar-refractivity contribution in [3.05, 3.63) is 0 Å². The van der Waals surface area contributed by atoms with Gasteiger partial charge in [0.2, 0.25) is 0 Å². The Bertz CT molecular complexity index is 486. The second kappa shape index (κ2) is 19.2. The number of carbonyl (C=O) groups excluding carboxylic acids is 2. The Hall–Kier alpha value is -0.120. The van der Waals surface area contributed by atoms with E-state index in [-0.39, 0.29) is 15.0 Å². The standard InChI is InChI=1S/C24H46O6S2/c1-23(2,3)11-12-27-13-14-28-15-16-29-17-18-30-19-20-31-21(25)9-7-8-10-22(26)32-24(4,5)6/h7-20H2,1-6H3. The number of ether oxygens (including phenoxy) is 4. The van der Waals surface area contributed by atoms with Gasteiger partial charge >= 0.3 is 0 Å². The van der Waals surface area contributed by atoms with Gasteiger partial charge < -0.3 is 18.9 Å². The number of unbranched alkanes of at least 4 members (excludes halogenated alkanes) is 1. The van der Waals surface area contributed by atoms with Crippen LogP contribution in [0.1, 0.15) is 73.6 Å². The molecule has 190 valence electrons. The average Bonchev–Trinajstić information content (AvgIpc) is 2.66. The summed E-state index contributed by atoms with van der Waals surface area (Å²) in [5.74, 6) is 0.649. The zero-order chi connectivity index (χ0) is 24.3. The maximum atomic E-state index is 11.8. The first-order chi connectivity index (χ1) is 15.0. The molecule has 0 fully saturated rings. The summed E-state index contributed by atoms with van der Waals surface area (Å²) in [5.41, 5.74) is 0.304. The molecule has 0 aromatic heterocycles. The van der Waals surface area contributed by atoms with Crippen LogP contribution < -0.4 is 0 Å². The maximum absolute atomic E-state index is 11.8. The lowest BCUT2D eigenvalue weighted by atomic mass is 9.93. The Balaban J connectivity index is 3.30. The molecule has 0 N–H and O–H groups in total. The fourth-order valence-electron chi connectivity index (χ4n) is 2.36. The van der Waals surface area contributed by atoms with E-state index in [1.807, 2.05) is 20.8 Å². The van der Waals surface area contributed by atoms with Crippen molar-refractivity contribution >= 4 is 33.8 Å². The van der Waals surface area contributed by atoms with Gasteiger partial charge in [0, 0.05) is 29.9 Å². The summed E-state index contributed by atoms with van der Waals surface area (Å²) < 4.78 is 21.9. The van der Waals surface area contributed by atoms with E-state index in [9.17, 15) is 9.59 Å². The van der Waals surface area contributed by atoms with Crippen LogP contribution in [0.15, 0.2) is 0 Å². The highest BCUT2D eigenvalue weighted by Gasteiger charge is 2.16. The number of hydrogen-bond acceptors (Lipinski definition) is 8. The Kier molecular flexibility index (Phi) is 19.1. The molecule has 0 atom stereocenters. The Morgan fingerprint density at radius 3 is 1.53 bits per heavy atom. The number of rotatable bonds is 19. The SMILES string of the molecule is CC(C)(C)CCOCCOCCOCCOCCSC(=O)CCCCC(=O)SC(C)(C)C. The summed E-state index contributed by atoms with van der Waals surface area (Å²) >= 11 is 2.68.